The van der Waals surface area contributed by atoms with Crippen LogP contribution < -0.4 is 4.74 Å². The molecule has 1 aromatic carbocycles. The van der Waals surface area contributed by atoms with E-state index in [1.54, 1.807) is 6.07 Å². The van der Waals surface area contributed by atoms with Gasteiger partial charge in [-0.25, -0.2) is 4.39 Å². The number of ketones is 1. The highest BCUT2D eigenvalue weighted by Crippen LogP contribution is 2.37. The summed E-state index contributed by atoms with van der Waals surface area (Å²) in [7, 11) is 0. The maximum absolute atomic E-state index is 12.7. The highest BCUT2D eigenvalue weighted by Gasteiger charge is 2.14. The molecule has 2 rings (SSSR count). The van der Waals surface area contributed by atoms with Crippen molar-refractivity contribution in [2.24, 2.45) is 0 Å². The molecule has 0 saturated carbocycles. The van der Waals surface area contributed by atoms with Crippen LogP contribution in [0.3, 0.4) is 0 Å². The smallest absolute Gasteiger partial charge is 0.193 e. The molecule has 5 heteroatoms. The average molecular weight is 271 g/mol. The Hall–Kier alpha value is -1.39. The first kappa shape index (κ1) is 12.1. The van der Waals surface area contributed by atoms with Crippen molar-refractivity contribution in [1.82, 2.24) is 0 Å². The van der Waals surface area contributed by atoms with Gasteiger partial charge in [0, 0.05) is 0 Å². The molecule has 0 spiro atoms. The molecule has 0 unspecified atom stereocenters. The van der Waals surface area contributed by atoms with Gasteiger partial charge in [0.25, 0.3) is 0 Å². The fourth-order valence-electron chi connectivity index (χ4n) is 1.28. The molecular weight excluding hydrogens is 263 g/mol. The summed E-state index contributed by atoms with van der Waals surface area (Å²) in [5.41, 5.74) is 0.435. The lowest BCUT2D eigenvalue weighted by atomic mass is 10.2. The molecule has 0 amide bonds. The largest absolute Gasteiger partial charge is 0.446 e. The monoisotopic (exact) mass is 270 g/mol. The zero-order valence-corrected chi connectivity index (χ0v) is 10.4. The second-order valence-electron chi connectivity index (χ2n) is 3.36. The van der Waals surface area contributed by atoms with Crippen molar-refractivity contribution in [3.05, 3.63) is 46.0 Å². The molecule has 0 saturated heterocycles. The van der Waals surface area contributed by atoms with Crippen LogP contribution in [0.15, 0.2) is 30.3 Å². The third-order valence-corrected chi connectivity index (χ3v) is 3.21. The van der Waals surface area contributed by atoms with Gasteiger partial charge in [-0.15, -0.1) is 0 Å². The fraction of sp³-hybridized carbons (Fsp3) is 0.0833. The van der Waals surface area contributed by atoms with E-state index < -0.39 is 0 Å². The van der Waals surface area contributed by atoms with Gasteiger partial charge in [0.05, 0.1) is 9.90 Å². The predicted octanol–water partition coefficient (Wildman–Crippen LogP) is 4.54. The standard InChI is InChI=1S/C12H8ClFO2S/c1-7(15)10-6-11(13)17-12(10)16-9-4-2-8(14)3-5-9/h2-6H,1H3. The minimum atomic E-state index is -0.339. The lowest BCUT2D eigenvalue weighted by Crippen LogP contribution is -1.92. The Balaban J connectivity index is 2.29. The zero-order chi connectivity index (χ0) is 12.4. The summed E-state index contributed by atoms with van der Waals surface area (Å²) in [6, 6.07) is 7.13. The van der Waals surface area contributed by atoms with E-state index in [4.69, 9.17) is 16.3 Å². The lowest BCUT2D eigenvalue weighted by Gasteiger charge is -2.04. The van der Waals surface area contributed by atoms with Crippen molar-refractivity contribution in [2.45, 2.75) is 6.92 Å². The summed E-state index contributed by atoms with van der Waals surface area (Å²) in [5, 5.41) is 0.425. The molecule has 88 valence electrons. The first-order valence-electron chi connectivity index (χ1n) is 4.80. The van der Waals surface area contributed by atoms with Crippen LogP contribution in [0.1, 0.15) is 17.3 Å². The summed E-state index contributed by atoms with van der Waals surface area (Å²) in [4.78, 5) is 11.3. The van der Waals surface area contributed by atoms with E-state index in [9.17, 15) is 9.18 Å². The Morgan fingerprint density at radius 1 is 1.35 bits per heavy atom. The normalized spacial score (nSPS) is 10.3. The van der Waals surface area contributed by atoms with Gasteiger partial charge in [0.2, 0.25) is 0 Å². The molecule has 0 radical (unpaired) electrons. The van der Waals surface area contributed by atoms with Crippen LogP contribution in [-0.2, 0) is 0 Å². The topological polar surface area (TPSA) is 26.3 Å². The van der Waals surface area contributed by atoms with Crippen LogP contribution in [-0.4, -0.2) is 5.78 Å². The number of benzene rings is 1. The van der Waals surface area contributed by atoms with Crippen LogP contribution in [0.25, 0.3) is 0 Å². The molecule has 0 atom stereocenters. The molecule has 17 heavy (non-hydrogen) atoms. The number of halogens is 2. The van der Waals surface area contributed by atoms with Gasteiger partial charge in [0.1, 0.15) is 11.6 Å². The average Bonchev–Trinajstić information content (AvgIpc) is 2.63. The van der Waals surface area contributed by atoms with Gasteiger partial charge >= 0.3 is 0 Å². The van der Waals surface area contributed by atoms with Crippen molar-refractivity contribution < 1.29 is 13.9 Å². The molecule has 0 N–H and O–H groups in total. The van der Waals surface area contributed by atoms with E-state index in [-0.39, 0.29) is 11.6 Å². The van der Waals surface area contributed by atoms with Gasteiger partial charge in [-0.3, -0.25) is 4.79 Å². The van der Waals surface area contributed by atoms with Gasteiger partial charge in [-0.1, -0.05) is 22.9 Å². The number of carbonyl (C=O) groups excluding carboxylic acids is 1. The van der Waals surface area contributed by atoms with E-state index in [0.29, 0.717) is 20.7 Å². The number of hydrogen-bond donors (Lipinski definition) is 0. The minimum Gasteiger partial charge on any atom is -0.446 e. The summed E-state index contributed by atoms with van der Waals surface area (Å²) < 4.78 is 18.7. The van der Waals surface area contributed by atoms with E-state index in [0.717, 1.165) is 0 Å². The summed E-state index contributed by atoms with van der Waals surface area (Å²) in [6.07, 6.45) is 0. The van der Waals surface area contributed by atoms with Crippen molar-refractivity contribution in [2.75, 3.05) is 0 Å². The molecule has 2 aromatic rings. The van der Waals surface area contributed by atoms with E-state index in [1.807, 2.05) is 0 Å². The van der Waals surface area contributed by atoms with Crippen LogP contribution in [0, 0.1) is 5.82 Å². The molecule has 0 bridgehead atoms. The summed E-state index contributed by atoms with van der Waals surface area (Å²) >= 11 is 7.00. The Morgan fingerprint density at radius 3 is 2.59 bits per heavy atom. The SMILES string of the molecule is CC(=O)c1cc(Cl)sc1Oc1ccc(F)cc1. The Kier molecular flexibility index (Phi) is 3.45. The molecule has 1 aromatic heterocycles. The maximum Gasteiger partial charge on any atom is 0.193 e. The first-order chi connectivity index (χ1) is 8.06. The molecule has 2 nitrogen and oxygen atoms in total. The molecule has 1 heterocycles. The van der Waals surface area contributed by atoms with Crippen LogP contribution in [0.4, 0.5) is 4.39 Å². The lowest BCUT2D eigenvalue weighted by molar-refractivity contribution is 0.101. The van der Waals surface area contributed by atoms with Gasteiger partial charge < -0.3 is 4.74 Å². The maximum atomic E-state index is 12.7. The summed E-state index contributed by atoms with van der Waals surface area (Å²) in [5.74, 6) is 0.00558. The van der Waals surface area contributed by atoms with Crippen LogP contribution >= 0.6 is 22.9 Å². The first-order valence-corrected chi connectivity index (χ1v) is 5.99. The second-order valence-corrected chi connectivity index (χ2v) is 5.01. The quantitative estimate of drug-likeness (QED) is 0.766. The van der Waals surface area contributed by atoms with Crippen molar-refractivity contribution >= 4 is 28.7 Å². The van der Waals surface area contributed by atoms with Gasteiger partial charge in [0.15, 0.2) is 10.8 Å². The molecule has 0 aliphatic carbocycles. The Labute approximate surface area is 107 Å². The third kappa shape index (κ3) is 2.84. The predicted molar refractivity (Wildman–Crippen MR) is 65.8 cm³/mol. The molecular formula is C12H8ClFO2S. The van der Waals surface area contributed by atoms with E-state index >= 15 is 0 Å². The van der Waals surface area contributed by atoms with Crippen molar-refractivity contribution in [1.29, 1.82) is 0 Å². The number of rotatable bonds is 3. The Bertz CT molecular complexity index is 548. The molecule has 0 aliphatic rings. The van der Waals surface area contributed by atoms with Crippen LogP contribution in [0.5, 0.6) is 10.8 Å². The number of hydrogen-bond acceptors (Lipinski definition) is 3. The second kappa shape index (κ2) is 4.85. The molecule has 0 aliphatic heterocycles. The Morgan fingerprint density at radius 2 is 2.00 bits per heavy atom. The van der Waals surface area contributed by atoms with E-state index in [2.05, 4.69) is 0 Å². The van der Waals surface area contributed by atoms with Crippen molar-refractivity contribution in [3.63, 3.8) is 0 Å². The molecule has 0 fully saturated rings. The number of carbonyl (C=O) groups is 1. The number of thiophene rings is 1. The number of Topliss-reactive ketones (excluding diaryl/α,β-unsaturated/α-hetero) is 1. The van der Waals surface area contributed by atoms with Gasteiger partial charge in [-0.2, -0.15) is 0 Å². The van der Waals surface area contributed by atoms with Crippen molar-refractivity contribution in [3.8, 4) is 10.8 Å². The van der Waals surface area contributed by atoms with E-state index in [1.165, 1.54) is 42.5 Å². The zero-order valence-electron chi connectivity index (χ0n) is 8.87. The van der Waals surface area contributed by atoms with Gasteiger partial charge in [-0.05, 0) is 37.3 Å². The summed E-state index contributed by atoms with van der Waals surface area (Å²) in [6.45, 7) is 1.44. The number of ether oxygens (including phenoxy) is 1. The third-order valence-electron chi connectivity index (χ3n) is 2.07. The fourth-order valence-corrected chi connectivity index (χ4v) is 2.40. The minimum absolute atomic E-state index is 0.120. The highest BCUT2D eigenvalue weighted by molar-refractivity contribution is 7.18. The van der Waals surface area contributed by atoms with Crippen LogP contribution in [0.2, 0.25) is 4.34 Å². The highest BCUT2D eigenvalue weighted by atomic mass is 35.5.